The van der Waals surface area contributed by atoms with E-state index in [1.165, 1.54) is 54.9 Å². The smallest absolute Gasteiger partial charge is 0.282 e. The maximum atomic E-state index is 13.1. The van der Waals surface area contributed by atoms with Crippen molar-refractivity contribution in [2.24, 2.45) is 0 Å². The van der Waals surface area contributed by atoms with Crippen LogP contribution in [0.15, 0.2) is 120 Å². The van der Waals surface area contributed by atoms with E-state index in [-0.39, 0.29) is 28.8 Å². The molecule has 214 valence electrons. The lowest BCUT2D eigenvalue weighted by Gasteiger charge is -2.02. The van der Waals surface area contributed by atoms with Crippen LogP contribution in [0.5, 0.6) is 0 Å². The second-order valence-electron chi connectivity index (χ2n) is 9.64. The van der Waals surface area contributed by atoms with Crippen LogP contribution in [0.1, 0.15) is 34.6 Å². The van der Waals surface area contributed by atoms with Crippen molar-refractivity contribution < 1.29 is 18.4 Å². The fourth-order valence-corrected chi connectivity index (χ4v) is 4.51. The number of aromatic amines is 1. The summed E-state index contributed by atoms with van der Waals surface area (Å²) in [5, 5.41) is 7.42. The van der Waals surface area contributed by atoms with Gasteiger partial charge in [0.05, 0.1) is 22.6 Å². The lowest BCUT2D eigenvalue weighted by molar-refractivity contribution is 0.100. The third kappa shape index (κ3) is 6.31. The normalized spacial score (nSPS) is 10.6. The van der Waals surface area contributed by atoms with E-state index in [9.17, 15) is 23.2 Å². The van der Waals surface area contributed by atoms with Gasteiger partial charge in [-0.1, -0.05) is 36.4 Å². The first-order valence-electron chi connectivity index (χ1n) is 13.3. The summed E-state index contributed by atoms with van der Waals surface area (Å²) in [5.41, 5.74) is 3.91. The first-order chi connectivity index (χ1) is 20.7. The topological polar surface area (TPSA) is 89.8 Å². The van der Waals surface area contributed by atoms with Crippen molar-refractivity contribution in [2.75, 3.05) is 0 Å². The minimum absolute atomic E-state index is 0.0652. The quantitative estimate of drug-likeness (QED) is 0.215. The number of Topliss-reactive ketones (excluding diaryl/α,β-unsaturated/α-hetero) is 2. The molecule has 0 fully saturated rings. The van der Waals surface area contributed by atoms with Crippen LogP contribution in [0, 0.1) is 11.6 Å². The van der Waals surface area contributed by atoms with Crippen molar-refractivity contribution in [1.82, 2.24) is 19.6 Å². The van der Waals surface area contributed by atoms with Crippen LogP contribution >= 0.6 is 0 Å². The summed E-state index contributed by atoms with van der Waals surface area (Å²) in [5.74, 6) is -1.10. The number of para-hydroxylation sites is 2. The van der Waals surface area contributed by atoms with E-state index < -0.39 is 5.56 Å². The predicted octanol–water partition coefficient (Wildman–Crippen LogP) is 7.06. The molecule has 4 aromatic carbocycles. The van der Waals surface area contributed by atoms with Crippen LogP contribution in [-0.2, 0) is 0 Å². The van der Waals surface area contributed by atoms with E-state index in [0.717, 1.165) is 11.3 Å². The van der Waals surface area contributed by atoms with Gasteiger partial charge in [-0.3, -0.25) is 19.5 Å². The van der Waals surface area contributed by atoms with E-state index in [1.54, 1.807) is 47.3 Å². The van der Waals surface area contributed by atoms with Crippen molar-refractivity contribution in [3.8, 4) is 33.9 Å². The molecule has 0 aliphatic carbocycles. The number of hydrogen-bond donors (Lipinski definition) is 1. The molecule has 0 spiro atoms. The summed E-state index contributed by atoms with van der Waals surface area (Å²) < 4.78 is 29.1. The van der Waals surface area contributed by atoms with E-state index >= 15 is 0 Å². The Labute approximate surface area is 245 Å². The van der Waals surface area contributed by atoms with Gasteiger partial charge in [0, 0.05) is 17.3 Å². The van der Waals surface area contributed by atoms with Crippen molar-refractivity contribution >= 4 is 11.6 Å². The average Bonchev–Trinajstić information content (AvgIpc) is 3.62. The summed E-state index contributed by atoms with van der Waals surface area (Å²) >= 11 is 0. The Kier molecular flexibility index (Phi) is 8.34. The molecule has 0 unspecified atom stereocenters. The molecule has 0 bridgehead atoms. The van der Waals surface area contributed by atoms with Crippen molar-refractivity contribution in [2.45, 2.75) is 13.8 Å². The number of aromatic nitrogens is 4. The molecule has 2 aromatic heterocycles. The molecular weight excluding hydrogens is 550 g/mol. The molecule has 43 heavy (non-hydrogen) atoms. The van der Waals surface area contributed by atoms with Gasteiger partial charge < -0.3 is 0 Å². The van der Waals surface area contributed by atoms with E-state index in [1.807, 2.05) is 36.4 Å². The predicted molar refractivity (Wildman–Crippen MR) is 161 cm³/mol. The summed E-state index contributed by atoms with van der Waals surface area (Å²) in [6.45, 7) is 2.84. The molecule has 0 atom stereocenters. The van der Waals surface area contributed by atoms with Crippen LogP contribution in [0.3, 0.4) is 0 Å². The van der Waals surface area contributed by atoms with Crippen molar-refractivity contribution in [3.63, 3.8) is 0 Å². The zero-order valence-electron chi connectivity index (χ0n) is 23.3. The van der Waals surface area contributed by atoms with Gasteiger partial charge in [0.15, 0.2) is 11.6 Å². The van der Waals surface area contributed by atoms with Crippen LogP contribution in [0.4, 0.5) is 8.78 Å². The molecule has 0 saturated heterocycles. The third-order valence-corrected chi connectivity index (χ3v) is 6.62. The molecule has 1 N–H and O–H groups in total. The first kappa shape index (κ1) is 28.8. The highest BCUT2D eigenvalue weighted by atomic mass is 19.1. The molecule has 0 radical (unpaired) electrons. The lowest BCUT2D eigenvalue weighted by Crippen LogP contribution is -2.19. The summed E-state index contributed by atoms with van der Waals surface area (Å²) in [4.78, 5) is 36.2. The summed E-state index contributed by atoms with van der Waals surface area (Å²) in [6.07, 6.45) is 1.70. The molecule has 9 heteroatoms. The Morgan fingerprint density at radius 1 is 0.674 bits per heavy atom. The van der Waals surface area contributed by atoms with Crippen molar-refractivity contribution in [1.29, 1.82) is 0 Å². The second kappa shape index (κ2) is 12.4. The van der Waals surface area contributed by atoms with Gasteiger partial charge >= 0.3 is 0 Å². The number of nitrogens with one attached hydrogen (secondary N) is 1. The van der Waals surface area contributed by atoms with Gasteiger partial charge in [-0.15, -0.1) is 0 Å². The summed E-state index contributed by atoms with van der Waals surface area (Å²) in [6, 6.07) is 30.1. The van der Waals surface area contributed by atoms with E-state index in [0.29, 0.717) is 28.2 Å². The number of carbonyl (C=O) groups is 2. The minimum Gasteiger partial charge on any atom is -0.294 e. The number of hydrogen-bond acceptors (Lipinski definition) is 4. The molecule has 0 aliphatic rings. The Bertz CT molecular complexity index is 1940. The highest BCUT2D eigenvalue weighted by Gasteiger charge is 2.20. The SMILES string of the molecule is CC(=O)c1c(-c2ccc(F)cc2)[nH]n(-c2ccccc2)c1=O.CC(=O)c1cn(-c2ccccc2)nc1-c1ccc(F)cc1. The van der Waals surface area contributed by atoms with Gasteiger partial charge in [-0.25, -0.2) is 18.1 Å². The number of ketones is 2. The zero-order chi connectivity index (χ0) is 30.5. The number of carbonyl (C=O) groups excluding carboxylic acids is 2. The zero-order valence-corrected chi connectivity index (χ0v) is 23.3. The highest BCUT2D eigenvalue weighted by molar-refractivity contribution is 6.00. The Morgan fingerprint density at radius 2 is 1.19 bits per heavy atom. The lowest BCUT2D eigenvalue weighted by atomic mass is 10.1. The Hall–Kier alpha value is -5.70. The third-order valence-electron chi connectivity index (χ3n) is 6.62. The maximum absolute atomic E-state index is 13.1. The standard InChI is InChI=1S/C17H13FN2O2.C17H13FN2O/c1-11(21)15-16(12-7-9-13(18)10-8-12)19-20(17(15)22)14-5-3-2-4-6-14;1-12(21)16-11-20(15-5-3-2-4-6-15)19-17(16)13-7-9-14(18)10-8-13/h2-10,19H,1H3;2-11H,1H3. The van der Waals surface area contributed by atoms with Gasteiger partial charge in [0.2, 0.25) is 0 Å². The Balaban J connectivity index is 0.000000171. The fourth-order valence-electron chi connectivity index (χ4n) is 4.51. The number of nitrogens with zero attached hydrogens (tertiary/aromatic N) is 3. The van der Waals surface area contributed by atoms with Gasteiger partial charge in [-0.05, 0) is 86.6 Å². The number of rotatable bonds is 6. The van der Waals surface area contributed by atoms with Gasteiger partial charge in [-0.2, -0.15) is 5.10 Å². The molecule has 6 rings (SSSR count). The van der Waals surface area contributed by atoms with Crippen LogP contribution in [-0.4, -0.2) is 31.1 Å². The maximum Gasteiger partial charge on any atom is 0.282 e. The van der Waals surface area contributed by atoms with Crippen molar-refractivity contribution in [3.05, 3.63) is 149 Å². The fraction of sp³-hybridized carbons (Fsp3) is 0.0588. The number of H-pyrrole nitrogens is 1. The number of benzene rings is 4. The molecule has 0 aliphatic heterocycles. The molecular formula is C34H26F2N4O3. The first-order valence-corrected chi connectivity index (χ1v) is 13.3. The summed E-state index contributed by atoms with van der Waals surface area (Å²) in [7, 11) is 0. The molecule has 7 nitrogen and oxygen atoms in total. The van der Waals surface area contributed by atoms with E-state index in [4.69, 9.17) is 0 Å². The van der Waals surface area contributed by atoms with Crippen LogP contribution in [0.2, 0.25) is 0 Å². The Morgan fingerprint density at radius 3 is 1.70 bits per heavy atom. The largest absolute Gasteiger partial charge is 0.294 e. The molecule has 2 heterocycles. The van der Waals surface area contributed by atoms with Gasteiger partial charge in [0.1, 0.15) is 22.9 Å². The number of halogens is 2. The average molecular weight is 577 g/mol. The molecule has 0 saturated carbocycles. The van der Waals surface area contributed by atoms with Gasteiger partial charge in [0.25, 0.3) is 5.56 Å². The van der Waals surface area contributed by atoms with E-state index in [2.05, 4.69) is 10.2 Å². The monoisotopic (exact) mass is 576 g/mol. The minimum atomic E-state index is -0.418. The molecule has 0 amide bonds. The molecule has 6 aromatic rings. The second-order valence-corrected chi connectivity index (χ2v) is 9.64. The highest BCUT2D eigenvalue weighted by Crippen LogP contribution is 2.25. The van der Waals surface area contributed by atoms with Crippen LogP contribution < -0.4 is 5.56 Å². The van der Waals surface area contributed by atoms with Crippen LogP contribution in [0.25, 0.3) is 33.9 Å².